The van der Waals surface area contributed by atoms with Crippen LogP contribution in [0.1, 0.15) is 52.3 Å². The second-order valence-electron chi connectivity index (χ2n) is 5.78. The van der Waals surface area contributed by atoms with Crippen molar-refractivity contribution in [3.8, 4) is 0 Å². The fourth-order valence-corrected chi connectivity index (χ4v) is 3.05. The number of hydrogen-bond acceptors (Lipinski definition) is 3. The minimum absolute atomic E-state index is 0.0305. The van der Waals surface area contributed by atoms with Crippen LogP contribution >= 0.6 is 0 Å². The van der Waals surface area contributed by atoms with Gasteiger partial charge in [0.25, 0.3) is 10.0 Å². The number of unbranched alkanes of at least 4 members (excludes halogenated alkanes) is 2. The molecule has 2 N–H and O–H groups in total. The first kappa shape index (κ1) is 16.2. The fourth-order valence-electron chi connectivity index (χ4n) is 1.84. The molecule has 110 valence electrons. The molecule has 0 aliphatic heterocycles. The van der Waals surface area contributed by atoms with Gasteiger partial charge in [0.1, 0.15) is 5.82 Å². The summed E-state index contributed by atoms with van der Waals surface area (Å²) in [5.74, 6) is 0.600. The van der Waals surface area contributed by atoms with Crippen molar-refractivity contribution >= 4 is 10.0 Å². The normalized spacial score (nSPS) is 12.8. The van der Waals surface area contributed by atoms with Crippen molar-refractivity contribution in [2.24, 2.45) is 5.41 Å². The molecule has 0 saturated carbocycles. The fraction of sp³-hybridized carbons (Fsp3) is 0.769. The number of imidazole rings is 1. The molecule has 0 atom stereocenters. The van der Waals surface area contributed by atoms with Crippen LogP contribution in [0.4, 0.5) is 0 Å². The Morgan fingerprint density at radius 1 is 1.37 bits per heavy atom. The van der Waals surface area contributed by atoms with Gasteiger partial charge in [0, 0.05) is 6.54 Å². The van der Waals surface area contributed by atoms with E-state index in [0.29, 0.717) is 12.4 Å². The Labute approximate surface area is 116 Å². The largest absolute Gasteiger partial charge is 0.332 e. The lowest BCUT2D eigenvalue weighted by molar-refractivity contribution is 0.320. The predicted octanol–water partition coefficient (Wildman–Crippen LogP) is 2.60. The number of aromatic amines is 1. The van der Waals surface area contributed by atoms with Crippen LogP contribution in [0.2, 0.25) is 0 Å². The van der Waals surface area contributed by atoms with Gasteiger partial charge in [-0.3, -0.25) is 0 Å². The highest BCUT2D eigenvalue weighted by Gasteiger charge is 2.23. The third-order valence-electron chi connectivity index (χ3n) is 3.17. The van der Waals surface area contributed by atoms with Gasteiger partial charge in [-0.2, -0.15) is 0 Å². The topological polar surface area (TPSA) is 74.8 Å². The molecule has 1 aromatic heterocycles. The number of aromatic nitrogens is 2. The summed E-state index contributed by atoms with van der Waals surface area (Å²) in [7, 11) is -3.47. The lowest BCUT2D eigenvalue weighted by Gasteiger charge is -2.24. The highest BCUT2D eigenvalue weighted by molar-refractivity contribution is 7.89. The summed E-state index contributed by atoms with van der Waals surface area (Å²) in [6.45, 7) is 8.51. The first-order valence-corrected chi connectivity index (χ1v) is 8.26. The zero-order valence-electron chi connectivity index (χ0n) is 12.3. The summed E-state index contributed by atoms with van der Waals surface area (Å²) in [5, 5.41) is 0.134. The van der Waals surface area contributed by atoms with E-state index >= 15 is 0 Å². The maximum atomic E-state index is 12.0. The van der Waals surface area contributed by atoms with Crippen LogP contribution in [0.5, 0.6) is 0 Å². The third kappa shape index (κ3) is 5.32. The van der Waals surface area contributed by atoms with Gasteiger partial charge in [0.05, 0.1) is 6.20 Å². The van der Waals surface area contributed by atoms with Crippen molar-refractivity contribution in [2.45, 2.75) is 58.4 Å². The van der Waals surface area contributed by atoms with E-state index in [2.05, 4.69) is 35.5 Å². The van der Waals surface area contributed by atoms with Gasteiger partial charge >= 0.3 is 0 Å². The molecule has 1 heterocycles. The number of nitrogens with zero attached hydrogens (tertiary/aromatic N) is 1. The molecule has 1 rings (SSSR count). The van der Waals surface area contributed by atoms with Crippen LogP contribution in [0, 0.1) is 12.3 Å². The number of rotatable bonds is 8. The number of sulfonamides is 1. The van der Waals surface area contributed by atoms with E-state index in [1.54, 1.807) is 6.92 Å². The van der Waals surface area contributed by atoms with Crippen molar-refractivity contribution in [2.75, 3.05) is 6.54 Å². The second kappa shape index (κ2) is 6.52. The second-order valence-corrected chi connectivity index (χ2v) is 7.51. The summed E-state index contributed by atoms with van der Waals surface area (Å²) in [4.78, 5) is 6.66. The first-order chi connectivity index (χ1) is 8.77. The van der Waals surface area contributed by atoms with Crippen LogP contribution in [0.15, 0.2) is 11.2 Å². The van der Waals surface area contributed by atoms with Crippen molar-refractivity contribution in [1.29, 1.82) is 0 Å². The predicted molar refractivity (Wildman–Crippen MR) is 76.4 cm³/mol. The Morgan fingerprint density at radius 3 is 2.58 bits per heavy atom. The van der Waals surface area contributed by atoms with E-state index in [1.165, 1.54) is 19.0 Å². The van der Waals surface area contributed by atoms with Gasteiger partial charge < -0.3 is 4.98 Å². The summed E-state index contributed by atoms with van der Waals surface area (Å²) >= 11 is 0. The Morgan fingerprint density at radius 2 is 2.05 bits per heavy atom. The van der Waals surface area contributed by atoms with Crippen LogP contribution < -0.4 is 4.72 Å². The minimum atomic E-state index is -3.47. The molecule has 6 heteroatoms. The lowest BCUT2D eigenvalue weighted by atomic mass is 9.87. The standard InChI is InChI=1S/C13H25N3O2S/c1-5-6-7-8-13(3,4)10-15-19(17,18)12-9-14-11(2)16-12/h9,15H,5-8,10H2,1-4H3,(H,14,16). The van der Waals surface area contributed by atoms with E-state index in [-0.39, 0.29) is 10.4 Å². The molecule has 0 aliphatic rings. The van der Waals surface area contributed by atoms with Crippen molar-refractivity contribution in [3.63, 3.8) is 0 Å². The van der Waals surface area contributed by atoms with E-state index in [1.807, 2.05) is 0 Å². The summed E-state index contributed by atoms with van der Waals surface area (Å²) in [5.41, 5.74) is -0.0305. The van der Waals surface area contributed by atoms with E-state index < -0.39 is 10.0 Å². The highest BCUT2D eigenvalue weighted by atomic mass is 32.2. The molecule has 0 amide bonds. The summed E-state index contributed by atoms with van der Waals surface area (Å²) in [6.07, 6.45) is 5.87. The Bertz CT molecular complexity index is 492. The van der Waals surface area contributed by atoms with Crippen molar-refractivity contribution in [3.05, 3.63) is 12.0 Å². The zero-order chi connectivity index (χ0) is 14.5. The van der Waals surface area contributed by atoms with E-state index in [4.69, 9.17) is 0 Å². The maximum absolute atomic E-state index is 12.0. The van der Waals surface area contributed by atoms with Crippen LogP contribution in [-0.2, 0) is 10.0 Å². The Kier molecular flexibility index (Phi) is 5.55. The van der Waals surface area contributed by atoms with Crippen LogP contribution in [0.25, 0.3) is 0 Å². The minimum Gasteiger partial charge on any atom is -0.332 e. The Balaban J connectivity index is 2.55. The van der Waals surface area contributed by atoms with Crippen molar-refractivity contribution < 1.29 is 8.42 Å². The number of aryl methyl sites for hydroxylation is 1. The molecule has 1 aromatic rings. The highest BCUT2D eigenvalue weighted by Crippen LogP contribution is 2.23. The third-order valence-corrected chi connectivity index (χ3v) is 4.48. The number of H-pyrrole nitrogens is 1. The van der Waals surface area contributed by atoms with Gasteiger partial charge in [-0.05, 0) is 18.8 Å². The van der Waals surface area contributed by atoms with Gasteiger partial charge in [-0.1, -0.05) is 40.0 Å². The molecular formula is C13H25N3O2S. The van der Waals surface area contributed by atoms with Gasteiger partial charge in [0.15, 0.2) is 5.03 Å². The molecule has 0 aliphatic carbocycles. The van der Waals surface area contributed by atoms with E-state index in [0.717, 1.165) is 12.8 Å². The summed E-state index contributed by atoms with van der Waals surface area (Å²) < 4.78 is 26.7. The molecule has 0 aromatic carbocycles. The average Bonchev–Trinajstić information content (AvgIpc) is 2.75. The monoisotopic (exact) mass is 287 g/mol. The summed E-state index contributed by atoms with van der Waals surface area (Å²) in [6, 6.07) is 0. The zero-order valence-corrected chi connectivity index (χ0v) is 13.1. The quantitative estimate of drug-likeness (QED) is 0.722. The number of nitrogens with one attached hydrogen (secondary N) is 2. The van der Waals surface area contributed by atoms with Gasteiger partial charge in [0.2, 0.25) is 0 Å². The van der Waals surface area contributed by atoms with Crippen molar-refractivity contribution in [1.82, 2.24) is 14.7 Å². The van der Waals surface area contributed by atoms with Gasteiger partial charge in [-0.15, -0.1) is 0 Å². The molecule has 0 fully saturated rings. The molecular weight excluding hydrogens is 262 g/mol. The molecule has 0 bridgehead atoms. The first-order valence-electron chi connectivity index (χ1n) is 6.78. The molecule has 0 saturated heterocycles. The Hall–Kier alpha value is -0.880. The number of hydrogen-bond donors (Lipinski definition) is 2. The van der Waals surface area contributed by atoms with Crippen LogP contribution in [-0.4, -0.2) is 24.9 Å². The average molecular weight is 287 g/mol. The van der Waals surface area contributed by atoms with Crippen LogP contribution in [0.3, 0.4) is 0 Å². The maximum Gasteiger partial charge on any atom is 0.257 e. The van der Waals surface area contributed by atoms with Gasteiger partial charge in [-0.25, -0.2) is 18.1 Å². The molecule has 0 unspecified atom stereocenters. The molecule has 19 heavy (non-hydrogen) atoms. The smallest absolute Gasteiger partial charge is 0.257 e. The van der Waals surface area contributed by atoms with E-state index in [9.17, 15) is 8.42 Å². The molecule has 0 radical (unpaired) electrons. The lowest BCUT2D eigenvalue weighted by Crippen LogP contribution is -2.34. The molecule has 0 spiro atoms. The molecule has 5 nitrogen and oxygen atoms in total. The SMILES string of the molecule is CCCCCC(C)(C)CNS(=O)(=O)c1cnc(C)[nH]1.